The lowest BCUT2D eigenvalue weighted by atomic mass is 9.98. The van der Waals surface area contributed by atoms with Gasteiger partial charge in [0.25, 0.3) is 0 Å². The molecule has 1 aromatic carbocycles. The Hall–Kier alpha value is -2.00. The van der Waals surface area contributed by atoms with E-state index in [1.54, 1.807) is 0 Å². The maximum absolute atomic E-state index is 12.6. The Bertz CT molecular complexity index is 531. The summed E-state index contributed by atoms with van der Waals surface area (Å²) >= 11 is 0. The number of aliphatic hydroxyl groups excluding tert-OH is 2. The fraction of sp³-hybridized carbons (Fsp3) is 0.455. The molecule has 0 aliphatic carbocycles. The third-order valence-electron chi connectivity index (χ3n) is 2.81. The Morgan fingerprint density at radius 3 is 2.57 bits per heavy atom. The van der Waals surface area contributed by atoms with E-state index in [1.165, 1.54) is 0 Å². The molecule has 1 aromatic rings. The molecular formula is C11H14F3N5O2. The van der Waals surface area contributed by atoms with Gasteiger partial charge in [-0.1, -0.05) is 11.2 Å². The van der Waals surface area contributed by atoms with E-state index in [-0.39, 0.29) is 24.2 Å². The molecule has 116 valence electrons. The van der Waals surface area contributed by atoms with Crippen LogP contribution in [0.25, 0.3) is 10.4 Å². The Kier molecular flexibility index (Phi) is 5.79. The highest BCUT2D eigenvalue weighted by Crippen LogP contribution is 2.34. The van der Waals surface area contributed by atoms with E-state index in [4.69, 9.17) is 11.4 Å². The van der Waals surface area contributed by atoms with Crippen molar-refractivity contribution < 1.29 is 23.4 Å². The second-order valence-electron chi connectivity index (χ2n) is 4.20. The van der Waals surface area contributed by atoms with Gasteiger partial charge < -0.3 is 15.6 Å². The average molecular weight is 305 g/mol. The van der Waals surface area contributed by atoms with Crippen LogP contribution in [-0.4, -0.2) is 22.9 Å². The van der Waals surface area contributed by atoms with E-state index < -0.39 is 23.9 Å². The van der Waals surface area contributed by atoms with Crippen molar-refractivity contribution >= 4 is 5.69 Å². The number of nitrogen functional groups attached to an aromatic ring is 1. The predicted octanol–water partition coefficient (Wildman–Crippen LogP) is 2.09. The van der Waals surface area contributed by atoms with Crippen LogP contribution in [0.4, 0.5) is 18.9 Å². The van der Waals surface area contributed by atoms with Gasteiger partial charge in [0, 0.05) is 17.0 Å². The summed E-state index contributed by atoms with van der Waals surface area (Å²) < 4.78 is 37.7. The Balaban J connectivity index is 2.98. The molecule has 21 heavy (non-hydrogen) atoms. The molecule has 0 heterocycles. The Morgan fingerprint density at radius 1 is 1.38 bits per heavy atom. The van der Waals surface area contributed by atoms with Crippen LogP contribution in [0.15, 0.2) is 23.3 Å². The molecule has 0 amide bonds. The summed E-state index contributed by atoms with van der Waals surface area (Å²) in [7, 11) is 0. The van der Waals surface area contributed by atoms with Crippen molar-refractivity contribution in [3.05, 3.63) is 39.8 Å². The molecule has 0 bridgehead atoms. The molecule has 0 fully saturated rings. The Labute approximate surface area is 117 Å². The van der Waals surface area contributed by atoms with Gasteiger partial charge >= 0.3 is 6.18 Å². The number of hydrazine groups is 1. The van der Waals surface area contributed by atoms with E-state index in [2.05, 4.69) is 15.5 Å². The van der Waals surface area contributed by atoms with E-state index in [0.29, 0.717) is 0 Å². The van der Waals surface area contributed by atoms with Crippen molar-refractivity contribution in [2.75, 3.05) is 12.0 Å². The SMILES string of the molecule is [N-]=[N+]=NCCC(O)C(O)c1ccc(C(F)(F)F)cc1NN. The van der Waals surface area contributed by atoms with Crippen molar-refractivity contribution in [3.63, 3.8) is 0 Å². The summed E-state index contributed by atoms with van der Waals surface area (Å²) in [6.45, 7) is -0.0548. The first-order valence-electron chi connectivity index (χ1n) is 5.86. The minimum atomic E-state index is -4.55. The van der Waals surface area contributed by atoms with Crippen molar-refractivity contribution in [3.8, 4) is 0 Å². The molecule has 0 radical (unpaired) electrons. The summed E-state index contributed by atoms with van der Waals surface area (Å²) in [5.41, 5.74) is 9.09. The van der Waals surface area contributed by atoms with Crippen LogP contribution in [0.3, 0.4) is 0 Å². The van der Waals surface area contributed by atoms with Gasteiger partial charge in [0.05, 0.1) is 17.4 Å². The molecule has 7 nitrogen and oxygen atoms in total. The topological polar surface area (TPSA) is 127 Å². The van der Waals surface area contributed by atoms with Crippen LogP contribution < -0.4 is 11.3 Å². The van der Waals surface area contributed by atoms with Crippen LogP contribution in [0, 0.1) is 0 Å². The fourth-order valence-corrected chi connectivity index (χ4v) is 1.72. The third kappa shape index (κ3) is 4.50. The second-order valence-corrected chi connectivity index (χ2v) is 4.20. The quantitative estimate of drug-likeness (QED) is 0.211. The first-order chi connectivity index (χ1) is 9.81. The van der Waals surface area contributed by atoms with E-state index in [9.17, 15) is 23.4 Å². The maximum atomic E-state index is 12.6. The molecule has 0 saturated heterocycles. The van der Waals surface area contributed by atoms with Crippen LogP contribution in [0.2, 0.25) is 0 Å². The first-order valence-corrected chi connectivity index (χ1v) is 5.86. The van der Waals surface area contributed by atoms with Gasteiger partial charge in [0.15, 0.2) is 0 Å². The molecule has 0 aromatic heterocycles. The molecule has 2 atom stereocenters. The molecule has 1 rings (SSSR count). The number of hydrogen-bond acceptors (Lipinski definition) is 5. The number of aliphatic hydroxyl groups is 2. The molecule has 5 N–H and O–H groups in total. The minimum Gasteiger partial charge on any atom is -0.390 e. The van der Waals surface area contributed by atoms with E-state index in [0.717, 1.165) is 18.2 Å². The number of nitrogens with two attached hydrogens (primary N) is 1. The highest BCUT2D eigenvalue weighted by molar-refractivity contribution is 5.54. The summed E-state index contributed by atoms with van der Waals surface area (Å²) in [5.74, 6) is 5.15. The number of hydrogen-bond donors (Lipinski definition) is 4. The van der Waals surface area contributed by atoms with E-state index >= 15 is 0 Å². The minimum absolute atomic E-state index is 0.0129. The lowest BCUT2D eigenvalue weighted by Gasteiger charge is -2.21. The molecule has 10 heteroatoms. The summed E-state index contributed by atoms with van der Waals surface area (Å²) in [5, 5.41) is 22.9. The van der Waals surface area contributed by atoms with Gasteiger partial charge in [-0.15, -0.1) is 0 Å². The van der Waals surface area contributed by atoms with Crippen LogP contribution in [-0.2, 0) is 6.18 Å². The number of alkyl halides is 3. The summed E-state index contributed by atoms with van der Waals surface area (Å²) in [6, 6.07) is 2.54. The zero-order chi connectivity index (χ0) is 16.0. The third-order valence-corrected chi connectivity index (χ3v) is 2.81. The molecule has 0 spiro atoms. The number of azide groups is 1. The number of nitrogens with one attached hydrogen (secondary N) is 1. The zero-order valence-electron chi connectivity index (χ0n) is 10.7. The maximum Gasteiger partial charge on any atom is 0.416 e. The van der Waals surface area contributed by atoms with Crippen LogP contribution in [0.5, 0.6) is 0 Å². The summed E-state index contributed by atoms with van der Waals surface area (Å²) in [4.78, 5) is 2.49. The smallest absolute Gasteiger partial charge is 0.390 e. The number of nitrogens with zero attached hydrogens (tertiary/aromatic N) is 3. The largest absolute Gasteiger partial charge is 0.416 e. The fourth-order valence-electron chi connectivity index (χ4n) is 1.72. The van der Waals surface area contributed by atoms with Crippen molar-refractivity contribution in [1.82, 2.24) is 0 Å². The van der Waals surface area contributed by atoms with E-state index in [1.807, 2.05) is 0 Å². The zero-order valence-corrected chi connectivity index (χ0v) is 10.7. The standard InChI is InChI=1S/C11H14F3N5O2/c12-11(13,14)6-1-2-7(8(5-6)18-15)10(21)9(20)3-4-17-19-16/h1-2,5,9-10,18,20-21H,3-4,15H2. The van der Waals surface area contributed by atoms with Gasteiger partial charge in [-0.05, 0) is 24.1 Å². The number of halogens is 3. The van der Waals surface area contributed by atoms with Gasteiger partial charge in [-0.25, -0.2) is 0 Å². The highest BCUT2D eigenvalue weighted by Gasteiger charge is 2.32. The van der Waals surface area contributed by atoms with Crippen molar-refractivity contribution in [2.45, 2.75) is 24.8 Å². The predicted molar refractivity (Wildman–Crippen MR) is 68.9 cm³/mol. The van der Waals surface area contributed by atoms with Crippen molar-refractivity contribution in [2.24, 2.45) is 11.0 Å². The van der Waals surface area contributed by atoms with Crippen LogP contribution >= 0.6 is 0 Å². The summed E-state index contributed by atoms with van der Waals surface area (Å²) in [6.07, 6.45) is -7.36. The van der Waals surface area contributed by atoms with Crippen LogP contribution in [0.1, 0.15) is 23.7 Å². The molecule has 0 saturated carbocycles. The lowest BCUT2D eigenvalue weighted by Crippen LogP contribution is -2.22. The molecule has 0 aliphatic heterocycles. The van der Waals surface area contributed by atoms with Gasteiger partial charge in [0.1, 0.15) is 6.10 Å². The molecule has 0 aliphatic rings. The first kappa shape index (κ1) is 17.1. The van der Waals surface area contributed by atoms with Gasteiger partial charge in [-0.2, -0.15) is 13.2 Å². The number of anilines is 1. The molecular weight excluding hydrogens is 291 g/mol. The average Bonchev–Trinajstić information content (AvgIpc) is 2.45. The normalized spacial score (nSPS) is 14.2. The highest BCUT2D eigenvalue weighted by atomic mass is 19.4. The number of rotatable bonds is 6. The lowest BCUT2D eigenvalue weighted by molar-refractivity contribution is -0.137. The van der Waals surface area contributed by atoms with Crippen molar-refractivity contribution in [1.29, 1.82) is 0 Å². The number of benzene rings is 1. The van der Waals surface area contributed by atoms with Gasteiger partial charge in [0.2, 0.25) is 0 Å². The second kappa shape index (κ2) is 7.14. The monoisotopic (exact) mass is 305 g/mol. The Morgan fingerprint density at radius 2 is 2.05 bits per heavy atom. The molecule has 2 unspecified atom stereocenters. The van der Waals surface area contributed by atoms with Gasteiger partial charge in [-0.3, -0.25) is 5.84 Å².